The number of quaternary nitrogens is 1. The van der Waals surface area contributed by atoms with Gasteiger partial charge in [-0.05, 0) is 5.56 Å². The molecule has 6 heteroatoms. The Morgan fingerprint density at radius 3 is 2.43 bits per heavy atom. The second-order valence-electron chi connectivity index (χ2n) is 5.25. The molecule has 2 amide bonds. The molecule has 112 valence electrons. The Kier molecular flexibility index (Phi) is 4.98. The Balaban J connectivity index is 2.05. The van der Waals surface area contributed by atoms with Gasteiger partial charge in [0.25, 0.3) is 11.8 Å². The highest BCUT2D eigenvalue weighted by Crippen LogP contribution is 2.23. The van der Waals surface area contributed by atoms with Crippen LogP contribution in [0.4, 0.5) is 0 Å². The number of rotatable bonds is 6. The lowest BCUT2D eigenvalue weighted by Crippen LogP contribution is -3.06. The number of amides is 2. The van der Waals surface area contributed by atoms with Crippen molar-refractivity contribution >= 4 is 23.4 Å². The van der Waals surface area contributed by atoms with Gasteiger partial charge < -0.3 is 10.2 Å². The van der Waals surface area contributed by atoms with Gasteiger partial charge in [0.05, 0.1) is 33.7 Å². The molecule has 0 radical (unpaired) electrons. The summed E-state index contributed by atoms with van der Waals surface area (Å²) in [5.41, 5.74) is 1.10. The molecule has 0 aromatic heterocycles. The number of nitrogens with one attached hydrogen (secondary N) is 2. The molecule has 1 aliphatic heterocycles. The van der Waals surface area contributed by atoms with Crippen LogP contribution in [0.1, 0.15) is 5.56 Å². The van der Waals surface area contributed by atoms with E-state index in [-0.39, 0.29) is 23.2 Å². The summed E-state index contributed by atoms with van der Waals surface area (Å²) in [5.74, 6) is -0.798. The normalized spacial score (nSPS) is 15.3. The molecular weight excluding hydrogens is 290 g/mol. The fourth-order valence-corrected chi connectivity index (χ4v) is 2.30. The molecule has 21 heavy (non-hydrogen) atoms. The van der Waals surface area contributed by atoms with Crippen LogP contribution in [-0.2, 0) is 16.1 Å². The number of carbonyl (C=O) groups excluding carboxylic acids is 2. The van der Waals surface area contributed by atoms with Crippen LogP contribution in [0, 0.1) is 0 Å². The summed E-state index contributed by atoms with van der Waals surface area (Å²) in [5, 5.41) is 2.95. The summed E-state index contributed by atoms with van der Waals surface area (Å²) in [4.78, 5) is 26.8. The maximum absolute atomic E-state index is 12.3. The number of imide groups is 1. The van der Waals surface area contributed by atoms with Crippen molar-refractivity contribution in [3.8, 4) is 0 Å². The number of nitrogens with zero attached hydrogens (tertiary/aromatic N) is 1. The van der Waals surface area contributed by atoms with E-state index in [1.165, 1.54) is 9.80 Å². The van der Waals surface area contributed by atoms with Gasteiger partial charge in [0.1, 0.15) is 10.7 Å². The monoisotopic (exact) mass is 308 g/mol. The summed E-state index contributed by atoms with van der Waals surface area (Å²) < 4.78 is 0. The molecule has 5 nitrogen and oxygen atoms in total. The van der Waals surface area contributed by atoms with Crippen molar-refractivity contribution in [3.63, 3.8) is 0 Å². The first-order valence-electron chi connectivity index (χ1n) is 6.83. The fraction of sp³-hybridized carbons (Fsp3) is 0.333. The molecule has 1 aromatic rings. The first-order chi connectivity index (χ1) is 10.0. The van der Waals surface area contributed by atoms with Crippen molar-refractivity contribution in [2.45, 2.75) is 6.54 Å². The molecule has 1 aliphatic rings. The van der Waals surface area contributed by atoms with Crippen molar-refractivity contribution in [1.29, 1.82) is 0 Å². The van der Waals surface area contributed by atoms with Crippen LogP contribution in [0.3, 0.4) is 0 Å². The lowest BCUT2D eigenvalue weighted by Gasteiger charge is -2.15. The third-order valence-corrected chi connectivity index (χ3v) is 3.57. The number of hydrogen-bond acceptors (Lipinski definition) is 3. The minimum absolute atomic E-state index is 0.0234. The van der Waals surface area contributed by atoms with E-state index in [0.717, 1.165) is 12.1 Å². The second-order valence-corrected chi connectivity index (χ2v) is 5.63. The number of benzene rings is 1. The van der Waals surface area contributed by atoms with Gasteiger partial charge in [0.15, 0.2) is 0 Å². The molecule has 1 heterocycles. The predicted octanol–water partition coefficient (Wildman–Crippen LogP) is -0.260. The minimum Gasteiger partial charge on any atom is -0.374 e. The third-order valence-electron chi connectivity index (χ3n) is 3.22. The summed E-state index contributed by atoms with van der Waals surface area (Å²) >= 11 is 6.00. The maximum Gasteiger partial charge on any atom is 0.278 e. The zero-order valence-corrected chi connectivity index (χ0v) is 12.9. The maximum atomic E-state index is 12.3. The quantitative estimate of drug-likeness (QED) is 0.712. The van der Waals surface area contributed by atoms with Gasteiger partial charge in [0, 0.05) is 0 Å². The molecular formula is C15H19ClN3O2+. The summed E-state index contributed by atoms with van der Waals surface area (Å²) in [6, 6.07) is 9.37. The van der Waals surface area contributed by atoms with Crippen molar-refractivity contribution in [1.82, 2.24) is 10.2 Å². The van der Waals surface area contributed by atoms with Crippen molar-refractivity contribution in [2.75, 3.05) is 27.2 Å². The third kappa shape index (κ3) is 3.62. The molecule has 0 aliphatic carbocycles. The average molecular weight is 309 g/mol. The largest absolute Gasteiger partial charge is 0.374 e. The van der Waals surface area contributed by atoms with E-state index in [9.17, 15) is 9.59 Å². The highest BCUT2D eigenvalue weighted by atomic mass is 35.5. The average Bonchev–Trinajstić information content (AvgIpc) is 2.65. The predicted molar refractivity (Wildman–Crippen MR) is 80.6 cm³/mol. The molecule has 0 saturated carbocycles. The fourth-order valence-electron chi connectivity index (χ4n) is 2.05. The Morgan fingerprint density at radius 2 is 1.81 bits per heavy atom. The van der Waals surface area contributed by atoms with E-state index in [4.69, 9.17) is 11.6 Å². The Labute approximate surface area is 129 Å². The van der Waals surface area contributed by atoms with Crippen LogP contribution >= 0.6 is 11.6 Å². The molecule has 0 saturated heterocycles. The summed E-state index contributed by atoms with van der Waals surface area (Å²) in [7, 11) is 4.03. The van der Waals surface area contributed by atoms with E-state index in [1.807, 2.05) is 44.4 Å². The molecule has 0 unspecified atom stereocenters. The standard InChI is InChI=1S/C15H18ClN3O2/c1-18(2)9-8-17-13-12(16)14(20)19(15(13)21)10-11-6-4-3-5-7-11/h3-7,17H,8-10H2,1-2H3/p+1. The van der Waals surface area contributed by atoms with E-state index < -0.39 is 5.91 Å². The van der Waals surface area contributed by atoms with Gasteiger partial charge in [-0.15, -0.1) is 0 Å². The SMILES string of the molecule is C[NH+](C)CCNC1=C(Cl)C(=O)N(Cc2ccccc2)C1=O. The topological polar surface area (TPSA) is 53.9 Å². The van der Waals surface area contributed by atoms with E-state index in [0.29, 0.717) is 6.54 Å². The zero-order chi connectivity index (χ0) is 15.4. The minimum atomic E-state index is -0.440. The number of carbonyl (C=O) groups is 2. The van der Waals surface area contributed by atoms with Gasteiger partial charge in [-0.3, -0.25) is 14.5 Å². The van der Waals surface area contributed by atoms with Crippen LogP contribution < -0.4 is 10.2 Å². The Morgan fingerprint density at radius 1 is 1.14 bits per heavy atom. The van der Waals surface area contributed by atoms with Crippen LogP contribution in [0.2, 0.25) is 0 Å². The number of halogens is 1. The van der Waals surface area contributed by atoms with Crippen LogP contribution in [0.25, 0.3) is 0 Å². The Hall–Kier alpha value is -1.85. The smallest absolute Gasteiger partial charge is 0.278 e. The van der Waals surface area contributed by atoms with E-state index in [2.05, 4.69) is 5.32 Å². The summed E-state index contributed by atoms with van der Waals surface area (Å²) in [6.45, 7) is 1.65. The van der Waals surface area contributed by atoms with Gasteiger partial charge in [-0.25, -0.2) is 0 Å². The lowest BCUT2D eigenvalue weighted by atomic mass is 10.2. The molecule has 0 fully saturated rings. The van der Waals surface area contributed by atoms with E-state index >= 15 is 0 Å². The highest BCUT2D eigenvalue weighted by molar-refractivity contribution is 6.47. The molecule has 2 rings (SSSR count). The molecule has 0 atom stereocenters. The van der Waals surface area contributed by atoms with Crippen molar-refractivity contribution < 1.29 is 14.5 Å². The molecule has 0 spiro atoms. The highest BCUT2D eigenvalue weighted by Gasteiger charge is 2.37. The summed E-state index contributed by atoms with van der Waals surface area (Å²) in [6.07, 6.45) is 0. The molecule has 1 aromatic carbocycles. The van der Waals surface area contributed by atoms with Gasteiger partial charge >= 0.3 is 0 Å². The molecule has 2 N–H and O–H groups in total. The van der Waals surface area contributed by atoms with Gasteiger partial charge in [-0.1, -0.05) is 41.9 Å². The van der Waals surface area contributed by atoms with Crippen LogP contribution in [-0.4, -0.2) is 43.9 Å². The number of hydrogen-bond donors (Lipinski definition) is 2. The first-order valence-corrected chi connectivity index (χ1v) is 7.21. The lowest BCUT2D eigenvalue weighted by molar-refractivity contribution is -0.856. The van der Waals surface area contributed by atoms with E-state index in [1.54, 1.807) is 0 Å². The van der Waals surface area contributed by atoms with Crippen molar-refractivity contribution in [2.24, 2.45) is 0 Å². The second kappa shape index (κ2) is 6.74. The van der Waals surface area contributed by atoms with Crippen LogP contribution in [0.5, 0.6) is 0 Å². The first kappa shape index (κ1) is 15.5. The van der Waals surface area contributed by atoms with Gasteiger partial charge in [-0.2, -0.15) is 0 Å². The number of likely N-dealkylation sites (N-methyl/N-ethyl adjacent to an activating group) is 1. The van der Waals surface area contributed by atoms with Gasteiger partial charge in [0.2, 0.25) is 0 Å². The Bertz CT molecular complexity index is 570. The van der Waals surface area contributed by atoms with Crippen LogP contribution in [0.15, 0.2) is 41.1 Å². The van der Waals surface area contributed by atoms with Crippen molar-refractivity contribution in [3.05, 3.63) is 46.6 Å². The molecule has 0 bridgehead atoms. The zero-order valence-electron chi connectivity index (χ0n) is 12.1.